The molecular weight excluding hydrogens is 931 g/mol. The number of nitrogens with one attached hydrogen (secondary N) is 5. The molecule has 2 unspecified atom stereocenters. The molecule has 66 heavy (non-hydrogen) atoms. The average molecular weight is 1020 g/mol. The molecule has 7 N–H and O–H groups in total. The maximum atomic E-state index is 11.7. The van der Waals surface area contributed by atoms with Crippen LogP contribution in [0, 0.1) is 0 Å². The number of carbonyl (C=O) groups excluding carboxylic acids is 5. The molecule has 0 fully saturated rings. The van der Waals surface area contributed by atoms with Crippen LogP contribution in [0.1, 0.15) is 176 Å². The number of carboxylic acid groups (broad SMARTS) is 2. The molecule has 19 heteroatoms. The molecule has 1 radical (unpaired) electrons. The summed E-state index contributed by atoms with van der Waals surface area (Å²) in [6.07, 6.45) is 22.2. The maximum Gasteiger partial charge on any atom is 0.326 e. The van der Waals surface area contributed by atoms with Gasteiger partial charge in [-0.25, -0.2) is 4.79 Å². The summed E-state index contributed by atoms with van der Waals surface area (Å²) in [7, 11) is 0. The minimum atomic E-state index is -1.21. The number of carboxylic acids is 2. The number of amides is 4. The average Bonchev–Trinajstić information content (AvgIpc) is 3.29. The molecule has 0 saturated carbocycles. The standard InChI is InChI=1S/C25H44N5O11.C18H36O2.2C2H6.Y/c1-19(32)20(26)4-2-3-7-27-23(34)16-40-14-13-39-11-9-29-24(35)17-41-15-12-38-10-8-28-22(33)6-5-21(25(36)37)30-18-31;1-2-3-4-5-6-7-8-9-10-11-12-13-14-15-16-17-18(19)20;2*1-2;/h18,20-21,26H,2-17H2,1H3,(H,27,34)(H,28,33)(H,29,35)(H,30,31)(H,36,37);2-17H2,1H3,(H,19,20);2*1-2H3;/q-1;;;;. The van der Waals surface area contributed by atoms with Crippen molar-refractivity contribution < 1.29 is 95.4 Å². The molecule has 0 aromatic heterocycles. The molecule has 0 aromatic rings. The summed E-state index contributed by atoms with van der Waals surface area (Å²) in [5, 5.41) is 27.4. The predicted octanol–water partition coefficient (Wildman–Crippen LogP) is 6.94. The van der Waals surface area contributed by atoms with Crippen LogP contribution in [0.2, 0.25) is 0 Å². The summed E-state index contributed by atoms with van der Waals surface area (Å²) in [5.41, 5.74) is 7.51. The first-order valence-electron chi connectivity index (χ1n) is 24.4. The quantitative estimate of drug-likeness (QED) is 0.0267. The molecule has 18 nitrogen and oxygen atoms in total. The van der Waals surface area contributed by atoms with Gasteiger partial charge in [0.1, 0.15) is 25.0 Å². The number of carbonyl (C=O) groups is 7. The second-order valence-electron chi connectivity index (χ2n) is 14.8. The number of ether oxygens (including phenoxy) is 4. The van der Waals surface area contributed by atoms with Crippen LogP contribution in [-0.4, -0.2) is 137 Å². The van der Waals surface area contributed by atoms with Crippen LogP contribution in [-0.2, 0) is 85.2 Å². The van der Waals surface area contributed by atoms with Crippen molar-refractivity contribution in [2.75, 3.05) is 72.5 Å². The fourth-order valence-electron chi connectivity index (χ4n) is 5.67. The Labute approximate surface area is 423 Å². The van der Waals surface area contributed by atoms with Crippen molar-refractivity contribution in [2.24, 2.45) is 0 Å². The molecule has 0 bridgehead atoms. The van der Waals surface area contributed by atoms with Crippen LogP contribution in [0.15, 0.2) is 0 Å². The van der Waals surface area contributed by atoms with E-state index in [4.69, 9.17) is 34.9 Å². The second-order valence-corrected chi connectivity index (χ2v) is 14.8. The summed E-state index contributed by atoms with van der Waals surface area (Å²) in [5.74, 6) is -2.96. The smallest absolute Gasteiger partial charge is 0.326 e. The van der Waals surface area contributed by atoms with E-state index in [1.165, 1.54) is 90.4 Å². The first-order valence-corrected chi connectivity index (χ1v) is 24.4. The molecule has 0 aliphatic rings. The molecular formula is C47H92N5O13Y-. The van der Waals surface area contributed by atoms with Gasteiger partial charge in [0.25, 0.3) is 0 Å². The van der Waals surface area contributed by atoms with Crippen molar-refractivity contribution in [3.63, 3.8) is 0 Å². The van der Waals surface area contributed by atoms with Crippen molar-refractivity contribution in [1.29, 1.82) is 0 Å². The number of hydrogen-bond acceptors (Lipinski definition) is 11. The maximum absolute atomic E-state index is 11.7. The van der Waals surface area contributed by atoms with Crippen LogP contribution in [0.4, 0.5) is 0 Å². The zero-order chi connectivity index (χ0) is 49.6. The summed E-state index contributed by atoms with van der Waals surface area (Å²) >= 11 is 0. The van der Waals surface area contributed by atoms with Gasteiger partial charge in [-0.1, -0.05) is 143 Å². The van der Waals surface area contributed by atoms with Gasteiger partial charge in [-0.2, -0.15) is 0 Å². The Morgan fingerprint density at radius 3 is 1.35 bits per heavy atom. The van der Waals surface area contributed by atoms with Crippen LogP contribution in [0.25, 0.3) is 5.73 Å². The molecule has 0 aromatic carbocycles. The fourth-order valence-corrected chi connectivity index (χ4v) is 5.67. The van der Waals surface area contributed by atoms with Gasteiger partial charge in [0.05, 0.1) is 39.6 Å². The van der Waals surface area contributed by atoms with Gasteiger partial charge in [-0.05, 0) is 26.2 Å². The van der Waals surface area contributed by atoms with Gasteiger partial charge in [-0.3, -0.25) is 24.0 Å². The largest absolute Gasteiger partial charge is 0.668 e. The number of hydrogen-bond donors (Lipinski definition) is 6. The summed E-state index contributed by atoms with van der Waals surface area (Å²) in [6.45, 7) is 13.7. The van der Waals surface area contributed by atoms with E-state index < -0.39 is 24.0 Å². The van der Waals surface area contributed by atoms with E-state index in [2.05, 4.69) is 28.2 Å². The first-order chi connectivity index (χ1) is 31.4. The molecule has 0 heterocycles. The molecule has 387 valence electrons. The Hall–Kier alpha value is -2.61. The van der Waals surface area contributed by atoms with E-state index in [0.717, 1.165) is 12.8 Å². The molecule has 0 aliphatic carbocycles. The number of rotatable bonds is 44. The van der Waals surface area contributed by atoms with E-state index >= 15 is 0 Å². The van der Waals surface area contributed by atoms with E-state index in [1.54, 1.807) is 0 Å². The predicted molar refractivity (Wildman–Crippen MR) is 255 cm³/mol. The van der Waals surface area contributed by atoms with Gasteiger partial charge in [0.15, 0.2) is 0 Å². The zero-order valence-corrected chi connectivity index (χ0v) is 44.7. The van der Waals surface area contributed by atoms with E-state index in [1.807, 2.05) is 27.7 Å². The van der Waals surface area contributed by atoms with Crippen LogP contribution < -0.4 is 21.3 Å². The molecule has 0 saturated heterocycles. The zero-order valence-electron chi connectivity index (χ0n) is 41.8. The van der Waals surface area contributed by atoms with Crippen LogP contribution in [0.5, 0.6) is 0 Å². The minimum Gasteiger partial charge on any atom is -0.668 e. The second kappa shape index (κ2) is 60.4. The van der Waals surface area contributed by atoms with E-state index in [9.17, 15) is 33.6 Å². The van der Waals surface area contributed by atoms with Crippen molar-refractivity contribution in [3.05, 3.63) is 5.73 Å². The molecule has 0 spiro atoms. The van der Waals surface area contributed by atoms with Gasteiger partial charge in [0, 0.05) is 65.2 Å². The third-order valence-corrected chi connectivity index (χ3v) is 9.30. The van der Waals surface area contributed by atoms with Crippen LogP contribution >= 0.6 is 0 Å². The Bertz CT molecular complexity index is 1140. The molecule has 4 amide bonds. The van der Waals surface area contributed by atoms with Crippen molar-refractivity contribution in [2.45, 2.75) is 188 Å². The van der Waals surface area contributed by atoms with E-state index in [-0.39, 0.29) is 141 Å². The molecule has 0 rings (SSSR count). The number of aliphatic carboxylic acids is 2. The Morgan fingerprint density at radius 2 is 0.939 bits per heavy atom. The van der Waals surface area contributed by atoms with Crippen LogP contribution in [0.3, 0.4) is 0 Å². The Morgan fingerprint density at radius 1 is 0.530 bits per heavy atom. The SMILES string of the molecule is CC.CC.CC(=O)C([NH-])CCCCNC(=O)COCCOCCNC(=O)COCCOCCNC(=O)CCC(NC=O)C(=O)O.CCCCCCCCCCCCCCCCCC(=O)O.[Y]. The van der Waals surface area contributed by atoms with Gasteiger partial charge in [-0.15, -0.1) is 0 Å². The monoisotopic (exact) mass is 1020 g/mol. The Balaban J connectivity index is -0.000000416. The number of ketones is 1. The molecule has 2 atom stereocenters. The van der Waals surface area contributed by atoms with Gasteiger partial charge >= 0.3 is 11.9 Å². The Kier molecular flexibility index (Phi) is 66.2. The normalized spacial score (nSPS) is 11.0. The van der Waals surface area contributed by atoms with Crippen molar-refractivity contribution >= 4 is 41.9 Å². The third kappa shape index (κ3) is 61.4. The summed E-state index contributed by atoms with van der Waals surface area (Å²) < 4.78 is 21.0. The minimum absolute atomic E-state index is 0. The topological polar surface area (TPSA) is 269 Å². The summed E-state index contributed by atoms with van der Waals surface area (Å²) in [6, 6.07) is -1.81. The number of Topliss-reactive ketones (excluding diaryl/α,β-unsaturated/α-hetero) is 1. The summed E-state index contributed by atoms with van der Waals surface area (Å²) in [4.78, 5) is 77.6. The number of unbranched alkanes of at least 4 members (excludes halogenated alkanes) is 15. The van der Waals surface area contributed by atoms with Crippen molar-refractivity contribution in [1.82, 2.24) is 21.3 Å². The van der Waals surface area contributed by atoms with Crippen molar-refractivity contribution in [3.8, 4) is 0 Å². The fraction of sp³-hybridized carbons (Fsp3) is 0.851. The molecule has 0 aliphatic heterocycles. The van der Waals surface area contributed by atoms with Gasteiger partial charge in [0.2, 0.25) is 24.1 Å². The van der Waals surface area contributed by atoms with Gasteiger partial charge < -0.3 is 61.0 Å². The first kappa shape index (κ1) is 72.4. The third-order valence-electron chi connectivity index (χ3n) is 9.30. The van der Waals surface area contributed by atoms with E-state index in [0.29, 0.717) is 32.2 Å².